The first-order chi connectivity index (χ1) is 13.4. The maximum absolute atomic E-state index is 13.3. The van der Waals surface area contributed by atoms with Gasteiger partial charge in [0.25, 0.3) is 0 Å². The number of ether oxygens (including phenoxy) is 1. The highest BCUT2D eigenvalue weighted by Crippen LogP contribution is 2.25. The molecule has 2 amide bonds. The number of benzene rings is 2. The van der Waals surface area contributed by atoms with Gasteiger partial charge in [0, 0.05) is 26.1 Å². The van der Waals surface area contributed by atoms with Gasteiger partial charge in [0.1, 0.15) is 11.9 Å². The molecule has 0 radical (unpaired) electrons. The molecule has 0 aliphatic heterocycles. The van der Waals surface area contributed by atoms with Crippen LogP contribution < -0.4 is 5.32 Å². The molecular formula is C22H27FN2O3. The normalized spacial score (nSPS) is 11.9. The number of halogens is 1. The summed E-state index contributed by atoms with van der Waals surface area (Å²) in [5.74, 6) is -1.07. The Labute approximate surface area is 165 Å². The van der Waals surface area contributed by atoms with Crippen molar-refractivity contribution in [2.24, 2.45) is 5.92 Å². The van der Waals surface area contributed by atoms with Gasteiger partial charge in [-0.15, -0.1) is 0 Å². The van der Waals surface area contributed by atoms with Crippen LogP contribution in [0.15, 0.2) is 54.6 Å². The van der Waals surface area contributed by atoms with Crippen LogP contribution in [0.4, 0.5) is 4.39 Å². The van der Waals surface area contributed by atoms with Gasteiger partial charge < -0.3 is 15.0 Å². The molecule has 28 heavy (non-hydrogen) atoms. The quantitative estimate of drug-likeness (QED) is 0.673. The van der Waals surface area contributed by atoms with Crippen molar-refractivity contribution in [1.29, 1.82) is 0 Å². The number of nitrogens with one attached hydrogen (secondary N) is 1. The number of carbonyl (C=O) groups is 2. The zero-order valence-electron chi connectivity index (χ0n) is 16.5. The predicted octanol–water partition coefficient (Wildman–Crippen LogP) is 3.31. The van der Waals surface area contributed by atoms with E-state index in [1.807, 2.05) is 30.3 Å². The molecule has 0 aliphatic carbocycles. The lowest BCUT2D eigenvalue weighted by Crippen LogP contribution is -2.45. The van der Waals surface area contributed by atoms with E-state index in [1.165, 1.54) is 12.1 Å². The van der Waals surface area contributed by atoms with Crippen LogP contribution in [0.5, 0.6) is 0 Å². The molecule has 0 heterocycles. The second-order valence-electron chi connectivity index (χ2n) is 6.84. The summed E-state index contributed by atoms with van der Waals surface area (Å²) in [6.45, 7) is 4.52. The summed E-state index contributed by atoms with van der Waals surface area (Å²) >= 11 is 0. The zero-order valence-corrected chi connectivity index (χ0v) is 16.5. The van der Waals surface area contributed by atoms with E-state index >= 15 is 0 Å². The molecule has 0 saturated carbocycles. The maximum atomic E-state index is 13.3. The van der Waals surface area contributed by atoms with Crippen molar-refractivity contribution in [3.8, 4) is 0 Å². The molecule has 1 atom stereocenters. The Hall–Kier alpha value is -2.73. The lowest BCUT2D eigenvalue weighted by atomic mass is 10.0. The molecule has 1 unspecified atom stereocenters. The number of carbonyl (C=O) groups excluding carboxylic acids is 2. The van der Waals surface area contributed by atoms with E-state index in [1.54, 1.807) is 38.0 Å². The highest BCUT2D eigenvalue weighted by molar-refractivity contribution is 5.89. The average Bonchev–Trinajstić information content (AvgIpc) is 2.69. The van der Waals surface area contributed by atoms with E-state index in [4.69, 9.17) is 4.74 Å². The maximum Gasteiger partial charge on any atom is 0.247 e. The van der Waals surface area contributed by atoms with Gasteiger partial charge in [-0.1, -0.05) is 56.3 Å². The van der Waals surface area contributed by atoms with Gasteiger partial charge in [0.2, 0.25) is 11.8 Å². The van der Waals surface area contributed by atoms with Gasteiger partial charge in [-0.2, -0.15) is 0 Å². The van der Waals surface area contributed by atoms with Crippen molar-refractivity contribution < 1.29 is 18.7 Å². The largest absolute Gasteiger partial charge is 0.383 e. The van der Waals surface area contributed by atoms with E-state index in [-0.39, 0.29) is 30.1 Å². The first-order valence-electron chi connectivity index (χ1n) is 9.30. The first kappa shape index (κ1) is 21.6. The fourth-order valence-electron chi connectivity index (χ4n) is 2.90. The Bertz CT molecular complexity index is 763. The minimum Gasteiger partial charge on any atom is -0.383 e. The Morgan fingerprint density at radius 1 is 1.07 bits per heavy atom. The molecule has 1 N–H and O–H groups in total. The average molecular weight is 386 g/mol. The molecule has 2 rings (SSSR count). The van der Waals surface area contributed by atoms with Crippen molar-refractivity contribution in [2.45, 2.75) is 26.4 Å². The molecule has 5 nitrogen and oxygen atoms in total. The summed E-state index contributed by atoms with van der Waals surface area (Å²) in [5, 5.41) is 2.83. The van der Waals surface area contributed by atoms with E-state index in [9.17, 15) is 14.0 Å². The molecule has 0 aliphatic rings. The number of hydrogen-bond donors (Lipinski definition) is 1. The van der Waals surface area contributed by atoms with Crippen LogP contribution >= 0.6 is 0 Å². The molecular weight excluding hydrogens is 359 g/mol. The third kappa shape index (κ3) is 5.89. The Kier molecular flexibility index (Phi) is 8.14. The number of nitrogens with zero attached hydrogens (tertiary/aromatic N) is 1. The van der Waals surface area contributed by atoms with Crippen molar-refractivity contribution in [3.05, 3.63) is 71.5 Å². The van der Waals surface area contributed by atoms with E-state index in [2.05, 4.69) is 5.32 Å². The minimum atomic E-state index is -0.794. The summed E-state index contributed by atoms with van der Waals surface area (Å²) in [7, 11) is 1.56. The van der Waals surface area contributed by atoms with Crippen LogP contribution in [-0.4, -0.2) is 37.0 Å². The van der Waals surface area contributed by atoms with E-state index in [0.717, 1.165) is 5.56 Å². The van der Waals surface area contributed by atoms with Crippen LogP contribution in [0.1, 0.15) is 31.0 Å². The van der Waals surface area contributed by atoms with Gasteiger partial charge in [0.15, 0.2) is 0 Å². The summed E-state index contributed by atoms with van der Waals surface area (Å²) in [6.07, 6.45) is 0. The Morgan fingerprint density at radius 3 is 2.29 bits per heavy atom. The zero-order chi connectivity index (χ0) is 20.5. The molecule has 0 saturated heterocycles. The van der Waals surface area contributed by atoms with Crippen molar-refractivity contribution in [2.75, 3.05) is 20.3 Å². The number of methoxy groups -OCH3 is 1. The topological polar surface area (TPSA) is 58.6 Å². The number of amides is 2. The Morgan fingerprint density at radius 2 is 1.71 bits per heavy atom. The van der Waals surface area contributed by atoms with Gasteiger partial charge >= 0.3 is 0 Å². The summed E-state index contributed by atoms with van der Waals surface area (Å²) in [4.78, 5) is 27.6. The third-order valence-electron chi connectivity index (χ3n) is 4.32. The second kappa shape index (κ2) is 10.6. The lowest BCUT2D eigenvalue weighted by molar-refractivity contribution is -0.144. The number of hydrogen-bond acceptors (Lipinski definition) is 3. The fourth-order valence-corrected chi connectivity index (χ4v) is 2.90. The van der Waals surface area contributed by atoms with Crippen LogP contribution in [0.2, 0.25) is 0 Å². The molecule has 0 bridgehead atoms. The molecule has 2 aromatic rings. The van der Waals surface area contributed by atoms with Crippen molar-refractivity contribution in [3.63, 3.8) is 0 Å². The smallest absolute Gasteiger partial charge is 0.247 e. The molecule has 6 heteroatoms. The second-order valence-corrected chi connectivity index (χ2v) is 6.84. The molecule has 2 aromatic carbocycles. The standard InChI is InChI=1S/C22H27FN2O3/c1-16(2)22(27)25(15-17-9-11-19(23)12-10-17)20(18-7-5-4-6-8-18)21(26)24-13-14-28-3/h4-12,16,20H,13-15H2,1-3H3,(H,24,26). The molecule has 0 spiro atoms. The van der Waals surface area contributed by atoms with Gasteiger partial charge in [-0.05, 0) is 23.3 Å². The highest BCUT2D eigenvalue weighted by atomic mass is 19.1. The predicted molar refractivity (Wildman–Crippen MR) is 106 cm³/mol. The number of rotatable bonds is 9. The van der Waals surface area contributed by atoms with Crippen LogP contribution in [0.25, 0.3) is 0 Å². The molecule has 150 valence electrons. The summed E-state index contributed by atoms with van der Waals surface area (Å²) in [6, 6.07) is 14.3. The van der Waals surface area contributed by atoms with Crippen LogP contribution in [0.3, 0.4) is 0 Å². The minimum absolute atomic E-state index is 0.153. The molecule has 0 fully saturated rings. The fraction of sp³-hybridized carbons (Fsp3) is 0.364. The lowest BCUT2D eigenvalue weighted by Gasteiger charge is -2.33. The van der Waals surface area contributed by atoms with Gasteiger partial charge in [0.05, 0.1) is 6.61 Å². The van der Waals surface area contributed by atoms with Crippen molar-refractivity contribution >= 4 is 11.8 Å². The molecule has 0 aromatic heterocycles. The van der Waals surface area contributed by atoms with Crippen molar-refractivity contribution in [1.82, 2.24) is 10.2 Å². The highest BCUT2D eigenvalue weighted by Gasteiger charge is 2.32. The first-order valence-corrected chi connectivity index (χ1v) is 9.30. The third-order valence-corrected chi connectivity index (χ3v) is 4.32. The SMILES string of the molecule is COCCNC(=O)C(c1ccccc1)N(Cc1ccc(F)cc1)C(=O)C(C)C. The van der Waals surface area contributed by atoms with Gasteiger partial charge in [-0.25, -0.2) is 4.39 Å². The van der Waals surface area contributed by atoms with Crippen LogP contribution in [-0.2, 0) is 20.9 Å². The van der Waals surface area contributed by atoms with E-state index < -0.39 is 6.04 Å². The summed E-state index contributed by atoms with van der Waals surface area (Å²) < 4.78 is 18.3. The summed E-state index contributed by atoms with van der Waals surface area (Å²) in [5.41, 5.74) is 1.47. The van der Waals surface area contributed by atoms with Gasteiger partial charge in [-0.3, -0.25) is 9.59 Å². The Balaban J connectivity index is 2.39. The monoisotopic (exact) mass is 386 g/mol. The van der Waals surface area contributed by atoms with E-state index in [0.29, 0.717) is 18.7 Å². The van der Waals surface area contributed by atoms with Crippen LogP contribution in [0, 0.1) is 11.7 Å².